The van der Waals surface area contributed by atoms with Crippen LogP contribution in [0.5, 0.6) is 0 Å². The Morgan fingerprint density at radius 3 is 2.57 bits per heavy atom. The third-order valence-electron chi connectivity index (χ3n) is 4.58. The van der Waals surface area contributed by atoms with Crippen molar-refractivity contribution in [3.05, 3.63) is 92.6 Å². The average molecular weight is 442 g/mol. The lowest BCUT2D eigenvalue weighted by Gasteiger charge is -2.22. The number of nitrogens with zero attached hydrogens (tertiary/aromatic N) is 3. The zero-order chi connectivity index (χ0) is 19.7. The minimum atomic E-state index is -0.405. The standard InChI is InChI=1S/C21H17BrFN3O2/c22-15-3-1-2-14(12-15)13-25(17-8-9-17)21(28)19-10-11-20(27)26(24-19)18-6-4-16(23)5-7-18/h1-7,10-12,17H,8-9,13H2. The molecule has 0 aliphatic heterocycles. The number of rotatable bonds is 5. The summed E-state index contributed by atoms with van der Waals surface area (Å²) in [7, 11) is 0. The quantitative estimate of drug-likeness (QED) is 0.602. The Balaban J connectivity index is 1.65. The number of hydrogen-bond acceptors (Lipinski definition) is 3. The Bertz CT molecular complexity index is 1080. The normalized spacial score (nSPS) is 13.4. The molecular formula is C21H17BrFN3O2. The van der Waals surface area contributed by atoms with Crippen molar-refractivity contribution < 1.29 is 9.18 Å². The summed E-state index contributed by atoms with van der Waals surface area (Å²) in [6, 6.07) is 16.2. The average Bonchev–Trinajstić information content (AvgIpc) is 3.52. The predicted octanol–water partition coefficient (Wildman–Crippen LogP) is 3.94. The third kappa shape index (κ3) is 4.04. The monoisotopic (exact) mass is 441 g/mol. The summed E-state index contributed by atoms with van der Waals surface area (Å²) in [4.78, 5) is 27.1. The number of halogens is 2. The van der Waals surface area contributed by atoms with Crippen LogP contribution >= 0.6 is 15.9 Å². The zero-order valence-electron chi connectivity index (χ0n) is 14.9. The molecule has 1 saturated carbocycles. The van der Waals surface area contributed by atoms with E-state index >= 15 is 0 Å². The van der Waals surface area contributed by atoms with Crippen LogP contribution in [0.25, 0.3) is 5.69 Å². The molecule has 0 saturated heterocycles. The van der Waals surface area contributed by atoms with E-state index in [2.05, 4.69) is 21.0 Å². The van der Waals surface area contributed by atoms with Crippen LogP contribution in [0.15, 0.2) is 69.9 Å². The van der Waals surface area contributed by atoms with Gasteiger partial charge in [-0.3, -0.25) is 9.59 Å². The van der Waals surface area contributed by atoms with Crippen molar-refractivity contribution >= 4 is 21.8 Å². The van der Waals surface area contributed by atoms with Gasteiger partial charge in [0, 0.05) is 23.1 Å². The van der Waals surface area contributed by atoms with Gasteiger partial charge in [0.15, 0.2) is 0 Å². The van der Waals surface area contributed by atoms with Gasteiger partial charge in [0.2, 0.25) is 0 Å². The van der Waals surface area contributed by atoms with Gasteiger partial charge in [-0.05, 0) is 60.9 Å². The van der Waals surface area contributed by atoms with E-state index in [1.54, 1.807) is 4.90 Å². The fourth-order valence-electron chi connectivity index (χ4n) is 3.02. The molecule has 142 valence electrons. The first-order chi connectivity index (χ1) is 13.5. The van der Waals surface area contributed by atoms with Crippen LogP contribution in [0.2, 0.25) is 0 Å². The molecule has 0 bridgehead atoms. The molecule has 0 unspecified atom stereocenters. The van der Waals surface area contributed by atoms with Crippen molar-refractivity contribution in [1.29, 1.82) is 0 Å². The van der Waals surface area contributed by atoms with Gasteiger partial charge in [0.05, 0.1) is 5.69 Å². The van der Waals surface area contributed by atoms with Crippen molar-refractivity contribution in [3.8, 4) is 5.69 Å². The number of benzene rings is 2. The van der Waals surface area contributed by atoms with E-state index in [1.807, 2.05) is 24.3 Å². The molecule has 28 heavy (non-hydrogen) atoms. The number of amides is 1. The summed E-state index contributed by atoms with van der Waals surface area (Å²) >= 11 is 3.45. The molecule has 1 aliphatic carbocycles. The molecule has 0 radical (unpaired) electrons. The Labute approximate surface area is 169 Å². The highest BCUT2D eigenvalue weighted by Crippen LogP contribution is 2.30. The first-order valence-electron chi connectivity index (χ1n) is 8.93. The van der Waals surface area contributed by atoms with Crippen LogP contribution in [0.1, 0.15) is 28.9 Å². The molecule has 1 heterocycles. The van der Waals surface area contributed by atoms with Gasteiger partial charge in [0.1, 0.15) is 11.5 Å². The van der Waals surface area contributed by atoms with Gasteiger partial charge >= 0.3 is 0 Å². The van der Waals surface area contributed by atoms with E-state index in [4.69, 9.17) is 0 Å². The maximum Gasteiger partial charge on any atom is 0.274 e. The van der Waals surface area contributed by atoms with Gasteiger partial charge in [0.25, 0.3) is 11.5 Å². The summed E-state index contributed by atoms with van der Waals surface area (Å²) in [6.45, 7) is 0.473. The van der Waals surface area contributed by atoms with E-state index in [0.717, 1.165) is 27.6 Å². The van der Waals surface area contributed by atoms with Crippen LogP contribution in [-0.2, 0) is 6.54 Å². The second-order valence-corrected chi connectivity index (χ2v) is 7.65. The van der Waals surface area contributed by atoms with E-state index < -0.39 is 5.82 Å². The van der Waals surface area contributed by atoms with Crippen molar-refractivity contribution in [2.75, 3.05) is 0 Å². The Morgan fingerprint density at radius 1 is 1.14 bits per heavy atom. The molecule has 4 rings (SSSR count). The molecule has 1 aliphatic rings. The van der Waals surface area contributed by atoms with Crippen LogP contribution in [0, 0.1) is 5.82 Å². The van der Waals surface area contributed by atoms with Gasteiger partial charge in [-0.25, -0.2) is 4.39 Å². The second kappa shape index (κ2) is 7.67. The summed E-state index contributed by atoms with van der Waals surface area (Å²) in [5.41, 5.74) is 1.23. The summed E-state index contributed by atoms with van der Waals surface area (Å²) < 4.78 is 15.3. The molecule has 0 spiro atoms. The maximum atomic E-state index is 13.2. The number of aromatic nitrogens is 2. The Morgan fingerprint density at radius 2 is 1.89 bits per heavy atom. The zero-order valence-corrected chi connectivity index (χ0v) is 16.5. The topological polar surface area (TPSA) is 55.2 Å². The van der Waals surface area contributed by atoms with Crippen molar-refractivity contribution in [2.24, 2.45) is 0 Å². The summed E-state index contributed by atoms with van der Waals surface area (Å²) in [5.74, 6) is -0.628. The van der Waals surface area contributed by atoms with E-state index in [9.17, 15) is 14.0 Å². The SMILES string of the molecule is O=C(c1ccc(=O)n(-c2ccc(F)cc2)n1)N(Cc1cccc(Br)c1)C1CC1. The number of carbonyl (C=O) groups is 1. The van der Waals surface area contributed by atoms with E-state index in [0.29, 0.717) is 12.2 Å². The van der Waals surface area contributed by atoms with Crippen LogP contribution in [0.4, 0.5) is 4.39 Å². The highest BCUT2D eigenvalue weighted by molar-refractivity contribution is 9.10. The number of carbonyl (C=O) groups excluding carboxylic acids is 1. The van der Waals surface area contributed by atoms with E-state index in [1.165, 1.54) is 36.4 Å². The molecular weight excluding hydrogens is 425 g/mol. The van der Waals surface area contributed by atoms with Crippen molar-refractivity contribution in [3.63, 3.8) is 0 Å². The molecule has 2 aromatic carbocycles. The molecule has 1 fully saturated rings. The lowest BCUT2D eigenvalue weighted by Crippen LogP contribution is -2.35. The fourth-order valence-corrected chi connectivity index (χ4v) is 3.47. The first-order valence-corrected chi connectivity index (χ1v) is 9.72. The Kier molecular flexibility index (Phi) is 5.09. The van der Waals surface area contributed by atoms with E-state index in [-0.39, 0.29) is 23.2 Å². The molecule has 0 atom stereocenters. The minimum absolute atomic E-state index is 0.180. The summed E-state index contributed by atoms with van der Waals surface area (Å²) in [6.07, 6.45) is 1.91. The minimum Gasteiger partial charge on any atom is -0.330 e. The lowest BCUT2D eigenvalue weighted by molar-refractivity contribution is 0.0721. The molecule has 1 aromatic heterocycles. The maximum absolute atomic E-state index is 13.2. The van der Waals surface area contributed by atoms with Gasteiger partial charge < -0.3 is 4.90 Å². The summed E-state index contributed by atoms with van der Waals surface area (Å²) in [5, 5.41) is 4.24. The van der Waals surface area contributed by atoms with Gasteiger partial charge in [-0.15, -0.1) is 0 Å². The molecule has 3 aromatic rings. The highest BCUT2D eigenvalue weighted by atomic mass is 79.9. The smallest absolute Gasteiger partial charge is 0.274 e. The fraction of sp³-hybridized carbons (Fsp3) is 0.190. The Hall–Kier alpha value is -2.80. The molecule has 5 nitrogen and oxygen atoms in total. The third-order valence-corrected chi connectivity index (χ3v) is 5.07. The predicted molar refractivity (Wildman–Crippen MR) is 107 cm³/mol. The molecule has 7 heteroatoms. The largest absolute Gasteiger partial charge is 0.330 e. The van der Waals surface area contributed by atoms with Gasteiger partial charge in [-0.2, -0.15) is 9.78 Å². The van der Waals surface area contributed by atoms with Gasteiger partial charge in [-0.1, -0.05) is 28.1 Å². The highest BCUT2D eigenvalue weighted by Gasteiger charge is 2.34. The molecule has 0 N–H and O–H groups in total. The van der Waals surface area contributed by atoms with Crippen molar-refractivity contribution in [2.45, 2.75) is 25.4 Å². The van der Waals surface area contributed by atoms with Crippen LogP contribution < -0.4 is 5.56 Å². The molecule has 1 amide bonds. The number of hydrogen-bond donors (Lipinski definition) is 0. The lowest BCUT2D eigenvalue weighted by atomic mass is 10.2. The van der Waals surface area contributed by atoms with Crippen LogP contribution in [-0.4, -0.2) is 26.6 Å². The first kappa shape index (κ1) is 18.6. The van der Waals surface area contributed by atoms with Crippen LogP contribution in [0.3, 0.4) is 0 Å². The second-order valence-electron chi connectivity index (χ2n) is 6.74. The van der Waals surface area contributed by atoms with Crippen molar-refractivity contribution in [1.82, 2.24) is 14.7 Å².